The van der Waals surface area contributed by atoms with E-state index in [0.717, 1.165) is 10.0 Å². The maximum absolute atomic E-state index is 12.6. The first-order valence-corrected chi connectivity index (χ1v) is 9.83. The van der Waals surface area contributed by atoms with Gasteiger partial charge >= 0.3 is 6.09 Å². The van der Waals surface area contributed by atoms with E-state index in [1.54, 1.807) is 35.4 Å². The van der Waals surface area contributed by atoms with Crippen molar-refractivity contribution < 1.29 is 14.3 Å². The van der Waals surface area contributed by atoms with E-state index in [1.165, 1.54) is 23.3 Å². The highest BCUT2D eigenvalue weighted by Crippen LogP contribution is 2.36. The molecule has 0 aliphatic carbocycles. The first kappa shape index (κ1) is 17.5. The first-order valence-electron chi connectivity index (χ1n) is 8.13. The molecule has 138 valence electrons. The van der Waals surface area contributed by atoms with Crippen LogP contribution in [0.15, 0.2) is 58.9 Å². The third-order valence-electron chi connectivity index (χ3n) is 3.79. The van der Waals surface area contributed by atoms with Crippen molar-refractivity contribution in [3.8, 4) is 11.5 Å². The predicted molar refractivity (Wildman–Crippen MR) is 108 cm³/mol. The number of amides is 1. The number of nitrogen functional groups attached to an aromatic ring is 1. The minimum absolute atomic E-state index is 0.401. The maximum atomic E-state index is 12.6. The standard InChI is InChI=1S/C18H16N4O3S2/c19-12-1-3-13(4-2-12)25-18(23)22-8-9-24-16-11-14(5-6-15(16)22)27-21-17-20-7-10-26-17/h1-7,10-11H,8-9,19H2,(H,20,21). The van der Waals surface area contributed by atoms with Crippen molar-refractivity contribution >= 4 is 45.9 Å². The van der Waals surface area contributed by atoms with Crippen molar-refractivity contribution in [1.29, 1.82) is 0 Å². The monoisotopic (exact) mass is 400 g/mol. The van der Waals surface area contributed by atoms with Crippen LogP contribution in [0.1, 0.15) is 0 Å². The number of thiazole rings is 1. The summed E-state index contributed by atoms with van der Waals surface area (Å²) >= 11 is 2.96. The van der Waals surface area contributed by atoms with Crippen LogP contribution in [0.4, 0.5) is 21.3 Å². The van der Waals surface area contributed by atoms with Gasteiger partial charge in [0, 0.05) is 22.2 Å². The lowest BCUT2D eigenvalue weighted by Gasteiger charge is -2.29. The molecule has 3 N–H and O–H groups in total. The number of hydrogen-bond donors (Lipinski definition) is 2. The molecule has 4 rings (SSSR count). The minimum atomic E-state index is -0.453. The second kappa shape index (κ2) is 7.77. The van der Waals surface area contributed by atoms with Gasteiger partial charge in [-0.15, -0.1) is 11.3 Å². The van der Waals surface area contributed by atoms with Gasteiger partial charge in [-0.3, -0.25) is 4.90 Å². The molecule has 0 atom stereocenters. The third kappa shape index (κ3) is 4.09. The van der Waals surface area contributed by atoms with E-state index in [4.69, 9.17) is 15.2 Å². The Kier molecular flexibility index (Phi) is 5.03. The van der Waals surface area contributed by atoms with Crippen molar-refractivity contribution in [2.75, 3.05) is 28.5 Å². The molecular formula is C18H16N4O3S2. The number of anilines is 3. The zero-order valence-electron chi connectivity index (χ0n) is 14.1. The molecule has 0 spiro atoms. The smallest absolute Gasteiger partial charge is 0.419 e. The number of nitrogens with one attached hydrogen (secondary N) is 1. The number of rotatable bonds is 4. The molecule has 9 heteroatoms. The van der Waals surface area contributed by atoms with Crippen LogP contribution in [0.2, 0.25) is 0 Å². The number of nitrogens with two attached hydrogens (primary N) is 1. The van der Waals surface area contributed by atoms with Gasteiger partial charge in [0.2, 0.25) is 0 Å². The molecule has 0 saturated carbocycles. The highest BCUT2D eigenvalue weighted by Gasteiger charge is 2.25. The highest BCUT2D eigenvalue weighted by molar-refractivity contribution is 8.00. The summed E-state index contributed by atoms with van der Waals surface area (Å²) in [5.41, 5.74) is 6.95. The van der Waals surface area contributed by atoms with Crippen LogP contribution in [0, 0.1) is 0 Å². The number of fused-ring (bicyclic) bond motifs is 1. The van der Waals surface area contributed by atoms with Crippen LogP contribution in [0.25, 0.3) is 0 Å². The molecule has 0 saturated heterocycles. The fourth-order valence-electron chi connectivity index (χ4n) is 2.52. The highest BCUT2D eigenvalue weighted by atomic mass is 32.2. The fraction of sp³-hybridized carbons (Fsp3) is 0.111. The van der Waals surface area contributed by atoms with Crippen LogP contribution in [0.5, 0.6) is 11.5 Å². The number of ether oxygens (including phenoxy) is 2. The normalized spacial score (nSPS) is 12.8. The molecular weight excluding hydrogens is 384 g/mol. The van der Waals surface area contributed by atoms with Crippen LogP contribution >= 0.6 is 23.3 Å². The number of carbonyl (C=O) groups excluding carboxylic acids is 1. The van der Waals surface area contributed by atoms with E-state index < -0.39 is 6.09 Å². The Morgan fingerprint density at radius 1 is 1.30 bits per heavy atom. The Morgan fingerprint density at radius 3 is 2.93 bits per heavy atom. The Hall–Kier alpha value is -2.91. The molecule has 27 heavy (non-hydrogen) atoms. The van der Waals surface area contributed by atoms with Crippen LogP contribution < -0.4 is 24.8 Å². The van der Waals surface area contributed by atoms with Crippen molar-refractivity contribution in [2.24, 2.45) is 0 Å². The second-order valence-electron chi connectivity index (χ2n) is 5.61. The number of nitrogens with zero attached hydrogens (tertiary/aromatic N) is 2. The summed E-state index contributed by atoms with van der Waals surface area (Å²) in [4.78, 5) is 19.3. The summed E-state index contributed by atoms with van der Waals surface area (Å²) in [6.07, 6.45) is 1.29. The lowest BCUT2D eigenvalue weighted by molar-refractivity contribution is 0.202. The average Bonchev–Trinajstić information content (AvgIpc) is 3.21. The molecule has 1 aromatic heterocycles. The Labute approximate surface area is 164 Å². The van der Waals surface area contributed by atoms with E-state index >= 15 is 0 Å². The Bertz CT molecular complexity index is 932. The number of carbonyl (C=O) groups is 1. The van der Waals surface area contributed by atoms with Gasteiger partial charge in [-0.1, -0.05) is 0 Å². The summed E-state index contributed by atoms with van der Waals surface area (Å²) in [6.45, 7) is 0.822. The molecule has 0 fully saturated rings. The van der Waals surface area contributed by atoms with Gasteiger partial charge in [0.05, 0.1) is 12.2 Å². The average molecular weight is 400 g/mol. The lowest BCUT2D eigenvalue weighted by Crippen LogP contribution is -2.39. The quantitative estimate of drug-likeness (QED) is 0.500. The molecule has 3 aromatic rings. The summed E-state index contributed by atoms with van der Waals surface area (Å²) < 4.78 is 14.3. The molecule has 0 radical (unpaired) electrons. The van der Waals surface area contributed by atoms with Crippen LogP contribution in [0.3, 0.4) is 0 Å². The number of aromatic nitrogens is 1. The molecule has 1 amide bonds. The Morgan fingerprint density at radius 2 is 2.15 bits per heavy atom. The topological polar surface area (TPSA) is 89.7 Å². The van der Waals surface area contributed by atoms with Gasteiger partial charge in [-0.25, -0.2) is 9.78 Å². The van der Waals surface area contributed by atoms with Crippen molar-refractivity contribution in [3.05, 3.63) is 54.0 Å². The van der Waals surface area contributed by atoms with Crippen LogP contribution in [-0.2, 0) is 0 Å². The zero-order valence-corrected chi connectivity index (χ0v) is 15.8. The van der Waals surface area contributed by atoms with E-state index in [0.29, 0.717) is 36.0 Å². The summed E-state index contributed by atoms with van der Waals surface area (Å²) in [6, 6.07) is 12.4. The summed E-state index contributed by atoms with van der Waals surface area (Å²) in [7, 11) is 0. The number of hydrogen-bond acceptors (Lipinski definition) is 8. The molecule has 2 aromatic carbocycles. The van der Waals surface area contributed by atoms with Gasteiger partial charge in [-0.05, 0) is 54.4 Å². The maximum Gasteiger partial charge on any atom is 0.419 e. The van der Waals surface area contributed by atoms with Crippen molar-refractivity contribution in [1.82, 2.24) is 4.98 Å². The first-order chi connectivity index (χ1) is 13.2. The fourth-order valence-corrected chi connectivity index (χ4v) is 3.77. The molecule has 1 aliphatic rings. The van der Waals surface area contributed by atoms with Gasteiger partial charge < -0.3 is 19.9 Å². The second-order valence-corrected chi connectivity index (χ2v) is 7.38. The van der Waals surface area contributed by atoms with Crippen molar-refractivity contribution in [2.45, 2.75) is 4.90 Å². The van der Waals surface area contributed by atoms with Gasteiger partial charge in [0.25, 0.3) is 0 Å². The van der Waals surface area contributed by atoms with E-state index in [-0.39, 0.29) is 0 Å². The molecule has 7 nitrogen and oxygen atoms in total. The SMILES string of the molecule is Nc1ccc(OC(=O)N2CCOc3cc(SNc4nccs4)ccc32)cc1. The summed E-state index contributed by atoms with van der Waals surface area (Å²) in [5.74, 6) is 1.09. The van der Waals surface area contributed by atoms with Crippen LogP contribution in [-0.4, -0.2) is 24.2 Å². The lowest BCUT2D eigenvalue weighted by atomic mass is 10.2. The van der Waals surface area contributed by atoms with E-state index in [2.05, 4.69) is 9.71 Å². The minimum Gasteiger partial charge on any atom is -0.489 e. The summed E-state index contributed by atoms with van der Waals surface area (Å²) in [5, 5.41) is 2.73. The van der Waals surface area contributed by atoms with Gasteiger partial charge in [0.15, 0.2) is 5.13 Å². The van der Waals surface area contributed by atoms with E-state index in [9.17, 15) is 4.79 Å². The largest absolute Gasteiger partial charge is 0.489 e. The Balaban J connectivity index is 1.47. The molecule has 0 unspecified atom stereocenters. The van der Waals surface area contributed by atoms with Gasteiger partial charge in [-0.2, -0.15) is 0 Å². The van der Waals surface area contributed by atoms with Gasteiger partial charge in [0.1, 0.15) is 18.1 Å². The van der Waals surface area contributed by atoms with E-state index in [1.807, 2.05) is 23.6 Å². The third-order valence-corrected chi connectivity index (χ3v) is 5.39. The van der Waals surface area contributed by atoms with Crippen molar-refractivity contribution in [3.63, 3.8) is 0 Å². The predicted octanol–water partition coefficient (Wildman–Crippen LogP) is 4.24. The molecule has 1 aliphatic heterocycles. The number of benzene rings is 2. The zero-order chi connectivity index (χ0) is 18.6. The molecule has 2 heterocycles. The molecule has 0 bridgehead atoms.